The molecule has 1 atom stereocenters. The maximum Gasteiger partial charge on any atom is 0.180 e. The summed E-state index contributed by atoms with van der Waals surface area (Å²) < 4.78 is 7.17. The summed E-state index contributed by atoms with van der Waals surface area (Å²) in [4.78, 5) is 11.2. The highest BCUT2D eigenvalue weighted by molar-refractivity contribution is 5.66. The highest BCUT2D eigenvalue weighted by Crippen LogP contribution is 2.37. The second-order valence-electron chi connectivity index (χ2n) is 5.41. The van der Waals surface area contributed by atoms with Crippen molar-refractivity contribution in [2.24, 2.45) is 5.92 Å². The van der Waals surface area contributed by atoms with Crippen molar-refractivity contribution in [1.82, 2.24) is 14.4 Å². The molecule has 0 spiro atoms. The Labute approximate surface area is 118 Å². The van der Waals surface area contributed by atoms with Gasteiger partial charge in [0.2, 0.25) is 0 Å². The minimum absolute atomic E-state index is 0.431. The second kappa shape index (κ2) is 5.28. The topological polar surface area (TPSA) is 68.7 Å². The van der Waals surface area contributed by atoms with E-state index in [9.17, 15) is 0 Å². The van der Waals surface area contributed by atoms with Crippen LogP contribution in [-0.2, 0) is 4.74 Å². The van der Waals surface area contributed by atoms with Gasteiger partial charge in [0.25, 0.3) is 0 Å². The lowest BCUT2D eigenvalue weighted by Gasteiger charge is -2.30. The molecule has 2 N–H and O–H groups in total. The van der Waals surface area contributed by atoms with Crippen molar-refractivity contribution in [3.63, 3.8) is 0 Å². The number of rotatable bonds is 6. The number of nitrogens with two attached hydrogens (primary N) is 1. The number of fused-ring (bicyclic) bond motifs is 1. The van der Waals surface area contributed by atoms with Crippen LogP contribution in [0.3, 0.4) is 0 Å². The lowest BCUT2D eigenvalue weighted by molar-refractivity contribution is 0.202. The number of anilines is 2. The van der Waals surface area contributed by atoms with Gasteiger partial charge < -0.3 is 19.8 Å². The third-order valence-corrected chi connectivity index (χ3v) is 3.98. The molecule has 108 valence electrons. The Morgan fingerprint density at radius 3 is 3.05 bits per heavy atom. The summed E-state index contributed by atoms with van der Waals surface area (Å²) in [5.41, 5.74) is 6.77. The third-order valence-electron chi connectivity index (χ3n) is 3.98. The Morgan fingerprint density at radius 1 is 1.55 bits per heavy atom. The summed E-state index contributed by atoms with van der Waals surface area (Å²) >= 11 is 0. The average molecular weight is 275 g/mol. The molecule has 6 heteroatoms. The molecule has 2 heterocycles. The van der Waals surface area contributed by atoms with Crippen LogP contribution in [0.4, 0.5) is 11.6 Å². The van der Waals surface area contributed by atoms with Crippen molar-refractivity contribution < 1.29 is 4.74 Å². The maximum atomic E-state index is 5.92. The van der Waals surface area contributed by atoms with Gasteiger partial charge in [-0.15, -0.1) is 0 Å². The minimum Gasteiger partial charge on any atom is -0.383 e. The predicted octanol–water partition coefficient (Wildman–Crippen LogP) is 1.56. The van der Waals surface area contributed by atoms with E-state index < -0.39 is 0 Å². The summed E-state index contributed by atoms with van der Waals surface area (Å²) in [5, 5.41) is 0. The van der Waals surface area contributed by atoms with Crippen molar-refractivity contribution in [2.45, 2.75) is 25.8 Å². The van der Waals surface area contributed by atoms with Gasteiger partial charge in [-0.05, 0) is 25.7 Å². The molecule has 1 aliphatic rings. The highest BCUT2D eigenvalue weighted by Gasteiger charge is 2.33. The molecule has 0 radical (unpaired) electrons. The molecule has 1 saturated carbocycles. The molecule has 2 aromatic heterocycles. The van der Waals surface area contributed by atoms with Crippen LogP contribution in [0.25, 0.3) is 5.65 Å². The first kappa shape index (κ1) is 13.2. The molecule has 0 saturated heterocycles. The predicted molar refractivity (Wildman–Crippen MR) is 78.8 cm³/mol. The monoisotopic (exact) mass is 275 g/mol. The van der Waals surface area contributed by atoms with Crippen LogP contribution < -0.4 is 10.6 Å². The summed E-state index contributed by atoms with van der Waals surface area (Å²) in [7, 11) is 1.72. The molecule has 2 aromatic rings. The smallest absolute Gasteiger partial charge is 0.180 e. The molecular formula is C14H21N5O. The Morgan fingerprint density at radius 2 is 2.35 bits per heavy atom. The molecular weight excluding hydrogens is 254 g/mol. The number of methoxy groups -OCH3 is 1. The fourth-order valence-corrected chi connectivity index (χ4v) is 2.65. The minimum atomic E-state index is 0.431. The SMILES string of the molecule is COCCN(c1nc(N)cn2ccnc12)C(C)C1CC1. The lowest BCUT2D eigenvalue weighted by atomic mass is 10.2. The van der Waals surface area contributed by atoms with Gasteiger partial charge in [0, 0.05) is 32.1 Å². The maximum absolute atomic E-state index is 5.92. The van der Waals surface area contributed by atoms with Gasteiger partial charge in [0.05, 0.1) is 12.8 Å². The molecule has 20 heavy (non-hydrogen) atoms. The lowest BCUT2D eigenvalue weighted by Crippen LogP contribution is -2.38. The van der Waals surface area contributed by atoms with Crippen LogP contribution in [0.15, 0.2) is 18.6 Å². The van der Waals surface area contributed by atoms with E-state index in [1.165, 1.54) is 12.8 Å². The van der Waals surface area contributed by atoms with Gasteiger partial charge in [-0.1, -0.05) is 0 Å². The van der Waals surface area contributed by atoms with E-state index in [0.29, 0.717) is 18.5 Å². The molecule has 1 fully saturated rings. The normalized spacial score (nSPS) is 16.5. The van der Waals surface area contributed by atoms with E-state index in [-0.39, 0.29) is 0 Å². The highest BCUT2D eigenvalue weighted by atomic mass is 16.5. The number of imidazole rings is 1. The van der Waals surface area contributed by atoms with Crippen LogP contribution in [0.2, 0.25) is 0 Å². The van der Waals surface area contributed by atoms with Gasteiger partial charge in [-0.25, -0.2) is 9.97 Å². The average Bonchev–Trinajstić information content (AvgIpc) is 3.17. The quantitative estimate of drug-likeness (QED) is 0.866. The summed E-state index contributed by atoms with van der Waals surface area (Å²) in [5.74, 6) is 2.10. The first-order chi connectivity index (χ1) is 9.70. The van der Waals surface area contributed by atoms with Gasteiger partial charge in [-0.2, -0.15) is 0 Å². The molecule has 6 nitrogen and oxygen atoms in total. The summed E-state index contributed by atoms with van der Waals surface area (Å²) in [6.45, 7) is 3.71. The van der Waals surface area contributed by atoms with Crippen LogP contribution in [0, 0.1) is 5.92 Å². The van der Waals surface area contributed by atoms with E-state index in [1.807, 2.05) is 10.6 Å². The van der Waals surface area contributed by atoms with Crippen LogP contribution in [0.1, 0.15) is 19.8 Å². The Hall–Kier alpha value is -1.82. The van der Waals surface area contributed by atoms with Gasteiger partial charge in [-0.3, -0.25) is 0 Å². The van der Waals surface area contributed by atoms with Crippen LogP contribution in [-0.4, -0.2) is 40.7 Å². The van der Waals surface area contributed by atoms with Gasteiger partial charge >= 0.3 is 0 Å². The van der Waals surface area contributed by atoms with Crippen LogP contribution >= 0.6 is 0 Å². The van der Waals surface area contributed by atoms with E-state index in [0.717, 1.165) is 23.9 Å². The summed E-state index contributed by atoms with van der Waals surface area (Å²) in [6, 6.07) is 0.431. The molecule has 1 unspecified atom stereocenters. The molecule has 3 rings (SSSR count). The van der Waals surface area contributed by atoms with Gasteiger partial charge in [0.1, 0.15) is 5.82 Å². The Bertz CT molecular complexity index is 592. The molecule has 1 aliphatic carbocycles. The number of ether oxygens (including phenoxy) is 1. The number of nitrogens with zero attached hydrogens (tertiary/aromatic N) is 4. The fraction of sp³-hybridized carbons (Fsp3) is 0.571. The first-order valence-electron chi connectivity index (χ1n) is 7.05. The Kier molecular flexibility index (Phi) is 3.48. The largest absolute Gasteiger partial charge is 0.383 e. The van der Waals surface area contributed by atoms with Crippen molar-refractivity contribution in [2.75, 3.05) is 30.9 Å². The van der Waals surface area contributed by atoms with Crippen LogP contribution in [0.5, 0.6) is 0 Å². The Balaban J connectivity index is 2.00. The molecule has 0 aromatic carbocycles. The number of nitrogen functional groups attached to an aromatic ring is 1. The zero-order valence-electron chi connectivity index (χ0n) is 12.0. The number of hydrogen-bond donors (Lipinski definition) is 1. The van der Waals surface area contributed by atoms with E-state index >= 15 is 0 Å². The standard InChI is InChI=1S/C14H21N5O/c1-10(11-3-4-11)19(7-8-20-2)14-13-16-5-6-18(13)9-12(15)17-14/h5-6,9-11H,3-4,7-8,15H2,1-2H3. The molecule has 0 aliphatic heterocycles. The number of aromatic nitrogens is 3. The molecule has 0 amide bonds. The first-order valence-corrected chi connectivity index (χ1v) is 7.05. The van der Waals surface area contributed by atoms with Crippen molar-refractivity contribution in [3.8, 4) is 0 Å². The van der Waals surface area contributed by atoms with E-state index in [1.54, 1.807) is 19.5 Å². The van der Waals surface area contributed by atoms with Crippen molar-refractivity contribution in [1.29, 1.82) is 0 Å². The van der Waals surface area contributed by atoms with E-state index in [2.05, 4.69) is 21.8 Å². The van der Waals surface area contributed by atoms with Crippen molar-refractivity contribution in [3.05, 3.63) is 18.6 Å². The number of hydrogen-bond acceptors (Lipinski definition) is 5. The van der Waals surface area contributed by atoms with Crippen molar-refractivity contribution >= 4 is 17.3 Å². The molecule has 0 bridgehead atoms. The fourth-order valence-electron chi connectivity index (χ4n) is 2.65. The zero-order chi connectivity index (χ0) is 14.1. The third kappa shape index (κ3) is 2.43. The zero-order valence-corrected chi connectivity index (χ0v) is 12.0. The van der Waals surface area contributed by atoms with E-state index in [4.69, 9.17) is 10.5 Å². The second-order valence-corrected chi connectivity index (χ2v) is 5.41. The van der Waals surface area contributed by atoms with Gasteiger partial charge in [0.15, 0.2) is 11.5 Å². The summed E-state index contributed by atoms with van der Waals surface area (Å²) in [6.07, 6.45) is 8.04.